The zero-order valence-corrected chi connectivity index (χ0v) is 19.6. The number of hydrogen-bond acceptors (Lipinski definition) is 6. The van der Waals surface area contributed by atoms with Gasteiger partial charge in [-0.2, -0.15) is 13.2 Å². The highest BCUT2D eigenvalue weighted by Gasteiger charge is 2.34. The number of unbranched alkanes of at least 4 members (excludes halogenated alkanes) is 1. The van der Waals surface area contributed by atoms with Crippen molar-refractivity contribution in [2.75, 3.05) is 6.61 Å². The predicted octanol–water partition coefficient (Wildman–Crippen LogP) is 4.36. The molecule has 0 saturated carbocycles. The number of halogens is 3. The summed E-state index contributed by atoms with van der Waals surface area (Å²) >= 11 is 0. The van der Waals surface area contributed by atoms with Gasteiger partial charge < -0.3 is 15.0 Å². The summed E-state index contributed by atoms with van der Waals surface area (Å²) in [6, 6.07) is 7.65. The fourth-order valence-corrected chi connectivity index (χ4v) is 3.11. The highest BCUT2D eigenvalue weighted by molar-refractivity contribution is 5.77. The molecule has 2 aromatic heterocycles. The van der Waals surface area contributed by atoms with Crippen LogP contribution in [0.25, 0.3) is 22.8 Å². The van der Waals surface area contributed by atoms with Crippen LogP contribution in [0.4, 0.5) is 13.2 Å². The van der Waals surface area contributed by atoms with Crippen LogP contribution in [0.2, 0.25) is 0 Å². The second kappa shape index (κ2) is 11.1. The molecule has 0 aliphatic carbocycles. The average molecular weight is 489 g/mol. The maximum Gasteiger partial charge on any atom is 0.417 e. The van der Waals surface area contributed by atoms with E-state index in [0.717, 1.165) is 25.0 Å². The van der Waals surface area contributed by atoms with Crippen molar-refractivity contribution in [3.05, 3.63) is 57.9 Å². The Bertz CT molecular complexity index is 1220. The van der Waals surface area contributed by atoms with Crippen molar-refractivity contribution < 1.29 is 22.7 Å². The summed E-state index contributed by atoms with van der Waals surface area (Å²) in [5.74, 6) is -0.492. The van der Waals surface area contributed by atoms with Crippen molar-refractivity contribution in [2.45, 2.75) is 46.3 Å². The van der Waals surface area contributed by atoms with Gasteiger partial charge in [0.05, 0.1) is 17.9 Å². The van der Waals surface area contributed by atoms with E-state index in [-0.39, 0.29) is 41.1 Å². The predicted molar refractivity (Wildman–Crippen MR) is 123 cm³/mol. The Morgan fingerprint density at radius 1 is 1.11 bits per heavy atom. The fraction of sp³-hybridized carbons (Fsp3) is 0.375. The maximum absolute atomic E-state index is 13.8. The molecule has 1 aromatic carbocycles. The zero-order valence-electron chi connectivity index (χ0n) is 19.6. The molecular formula is C24H26F3N5O3. The number of aromatic amines is 1. The van der Waals surface area contributed by atoms with Crippen molar-refractivity contribution in [3.63, 3.8) is 0 Å². The van der Waals surface area contributed by atoms with E-state index in [9.17, 15) is 22.8 Å². The van der Waals surface area contributed by atoms with Gasteiger partial charge in [0.25, 0.3) is 5.56 Å². The summed E-state index contributed by atoms with van der Waals surface area (Å²) in [6.07, 6.45) is -2.89. The molecule has 0 aliphatic rings. The minimum Gasteiger partial charge on any atom is -0.477 e. The molecule has 0 radical (unpaired) electrons. The Balaban J connectivity index is 1.98. The van der Waals surface area contributed by atoms with Crippen molar-refractivity contribution in [1.29, 1.82) is 0 Å². The number of rotatable bonds is 9. The van der Waals surface area contributed by atoms with Gasteiger partial charge in [-0.15, -0.1) is 10.2 Å². The molecule has 35 heavy (non-hydrogen) atoms. The fourth-order valence-electron chi connectivity index (χ4n) is 3.11. The SMILES string of the molecule is CCCCOc1ccc(-c2cc(=O)[nH]c(-c3cc(CNC(=O)C(C)C)ccc3C(F)(F)F)n2)nn1. The minimum absolute atomic E-state index is 0.0248. The highest BCUT2D eigenvalue weighted by atomic mass is 19.4. The number of hydrogen-bond donors (Lipinski definition) is 2. The molecule has 2 N–H and O–H groups in total. The first-order chi connectivity index (χ1) is 16.6. The van der Waals surface area contributed by atoms with Crippen molar-refractivity contribution in [2.24, 2.45) is 5.92 Å². The second-order valence-electron chi connectivity index (χ2n) is 8.19. The van der Waals surface area contributed by atoms with E-state index in [2.05, 4.69) is 25.5 Å². The topological polar surface area (TPSA) is 110 Å². The van der Waals surface area contributed by atoms with Gasteiger partial charge in [0.1, 0.15) is 11.5 Å². The third-order valence-corrected chi connectivity index (χ3v) is 5.03. The molecular weight excluding hydrogens is 463 g/mol. The molecule has 0 fully saturated rings. The monoisotopic (exact) mass is 489 g/mol. The molecule has 186 valence electrons. The second-order valence-corrected chi connectivity index (χ2v) is 8.19. The summed E-state index contributed by atoms with van der Waals surface area (Å²) in [6.45, 7) is 5.94. The smallest absolute Gasteiger partial charge is 0.417 e. The molecule has 0 atom stereocenters. The van der Waals surface area contributed by atoms with E-state index in [1.807, 2.05) is 6.92 Å². The summed E-state index contributed by atoms with van der Waals surface area (Å²) < 4.78 is 46.7. The molecule has 0 unspecified atom stereocenters. The van der Waals surface area contributed by atoms with Crippen molar-refractivity contribution in [1.82, 2.24) is 25.5 Å². The van der Waals surface area contributed by atoms with Gasteiger partial charge in [-0.1, -0.05) is 33.3 Å². The Morgan fingerprint density at radius 3 is 2.51 bits per heavy atom. The van der Waals surface area contributed by atoms with Crippen LogP contribution in [0.5, 0.6) is 5.88 Å². The molecule has 0 aliphatic heterocycles. The number of H-pyrrole nitrogens is 1. The number of amides is 1. The summed E-state index contributed by atoms with van der Waals surface area (Å²) in [5.41, 5.74) is -1.26. The molecule has 8 nitrogen and oxygen atoms in total. The van der Waals surface area contributed by atoms with Crippen LogP contribution in [-0.4, -0.2) is 32.7 Å². The molecule has 1 amide bonds. The molecule has 11 heteroatoms. The van der Waals surface area contributed by atoms with Crippen LogP contribution in [0.15, 0.2) is 41.2 Å². The van der Waals surface area contributed by atoms with E-state index in [1.165, 1.54) is 18.2 Å². The number of nitrogens with one attached hydrogen (secondary N) is 2. The first-order valence-corrected chi connectivity index (χ1v) is 11.1. The van der Waals surface area contributed by atoms with Gasteiger partial charge in [0.15, 0.2) is 0 Å². The van der Waals surface area contributed by atoms with Gasteiger partial charge in [-0.25, -0.2) is 4.98 Å². The molecule has 2 heterocycles. The van der Waals surface area contributed by atoms with E-state index in [4.69, 9.17) is 4.74 Å². The summed E-state index contributed by atoms with van der Waals surface area (Å²) in [4.78, 5) is 30.8. The van der Waals surface area contributed by atoms with E-state index < -0.39 is 17.3 Å². The minimum atomic E-state index is -4.69. The number of carbonyl (C=O) groups excluding carboxylic acids is 1. The average Bonchev–Trinajstić information content (AvgIpc) is 2.82. The number of aromatic nitrogens is 4. The van der Waals surface area contributed by atoms with Gasteiger partial charge >= 0.3 is 6.18 Å². The van der Waals surface area contributed by atoms with Crippen LogP contribution in [0.1, 0.15) is 44.7 Å². The van der Waals surface area contributed by atoms with Crippen LogP contribution in [-0.2, 0) is 17.5 Å². The lowest BCUT2D eigenvalue weighted by Gasteiger charge is -2.15. The van der Waals surface area contributed by atoms with Gasteiger partial charge in [0, 0.05) is 30.2 Å². The van der Waals surface area contributed by atoms with Crippen LogP contribution in [0.3, 0.4) is 0 Å². The number of ether oxygens (including phenoxy) is 1. The normalized spacial score (nSPS) is 11.5. The van der Waals surface area contributed by atoms with Crippen molar-refractivity contribution in [3.8, 4) is 28.7 Å². The van der Waals surface area contributed by atoms with Crippen molar-refractivity contribution >= 4 is 5.91 Å². The zero-order chi connectivity index (χ0) is 25.6. The molecule has 0 saturated heterocycles. The highest BCUT2D eigenvalue weighted by Crippen LogP contribution is 2.36. The maximum atomic E-state index is 13.8. The molecule has 0 bridgehead atoms. The van der Waals surface area contributed by atoms with E-state index >= 15 is 0 Å². The van der Waals surface area contributed by atoms with Crippen LogP contribution >= 0.6 is 0 Å². The van der Waals surface area contributed by atoms with E-state index in [0.29, 0.717) is 18.1 Å². The lowest BCUT2D eigenvalue weighted by molar-refractivity contribution is -0.137. The number of nitrogens with zero attached hydrogens (tertiary/aromatic N) is 3. The Hall–Kier alpha value is -3.76. The quantitative estimate of drug-likeness (QED) is 0.432. The third kappa shape index (κ3) is 6.87. The molecule has 0 spiro atoms. The Labute approximate surface area is 200 Å². The Kier molecular flexibility index (Phi) is 8.21. The number of alkyl halides is 3. The number of carbonyl (C=O) groups is 1. The standard InChI is InChI=1S/C24H26F3N5O3/c1-4-5-10-35-21-9-8-18(31-32-21)19-12-20(33)30-22(29-19)16-11-15(13-28-23(34)14(2)3)6-7-17(16)24(25,26)27/h6-9,11-12,14H,4-5,10,13H2,1-3H3,(H,28,34)(H,29,30,33). The third-order valence-electron chi connectivity index (χ3n) is 5.03. The Morgan fingerprint density at radius 2 is 1.89 bits per heavy atom. The first-order valence-electron chi connectivity index (χ1n) is 11.1. The van der Waals surface area contributed by atoms with Gasteiger partial charge in [-0.3, -0.25) is 9.59 Å². The largest absolute Gasteiger partial charge is 0.477 e. The summed E-state index contributed by atoms with van der Waals surface area (Å²) in [7, 11) is 0. The van der Waals surface area contributed by atoms with Gasteiger partial charge in [0.2, 0.25) is 11.8 Å². The van der Waals surface area contributed by atoms with Crippen LogP contribution in [0, 0.1) is 5.92 Å². The molecule has 3 rings (SSSR count). The number of benzene rings is 1. The summed E-state index contributed by atoms with van der Waals surface area (Å²) in [5, 5.41) is 10.6. The van der Waals surface area contributed by atoms with Gasteiger partial charge in [-0.05, 0) is 30.2 Å². The lowest BCUT2D eigenvalue weighted by Crippen LogP contribution is -2.27. The van der Waals surface area contributed by atoms with Crippen LogP contribution < -0.4 is 15.6 Å². The van der Waals surface area contributed by atoms with E-state index in [1.54, 1.807) is 19.9 Å². The first kappa shape index (κ1) is 25.9. The lowest BCUT2D eigenvalue weighted by atomic mass is 10.0. The molecule has 3 aromatic rings.